The summed E-state index contributed by atoms with van der Waals surface area (Å²) in [6.45, 7) is 13.6. The minimum atomic E-state index is -0.714. The fraction of sp³-hybridized carbons (Fsp3) is 0.512. The van der Waals surface area contributed by atoms with Crippen LogP contribution in [0, 0.1) is 11.7 Å². The lowest BCUT2D eigenvalue weighted by atomic mass is 9.88. The maximum atomic E-state index is 14.2. The number of piperazine rings is 1. The zero-order valence-electron chi connectivity index (χ0n) is 33.6. The van der Waals surface area contributed by atoms with E-state index in [0.29, 0.717) is 56.5 Å². The minimum Gasteiger partial charge on any atom is -0.491 e. The van der Waals surface area contributed by atoms with Crippen molar-refractivity contribution in [2.24, 2.45) is 5.92 Å². The summed E-state index contributed by atoms with van der Waals surface area (Å²) in [7, 11) is 0. The second-order valence-electron chi connectivity index (χ2n) is 15.4. The lowest BCUT2D eigenvalue weighted by Crippen LogP contribution is -2.58. The first-order valence-corrected chi connectivity index (χ1v) is 21.2. The average molecular weight is 826 g/mol. The number of alkyl carbamates (subject to hydrolysis) is 2. The summed E-state index contributed by atoms with van der Waals surface area (Å²) >= 11 is 8.01. The van der Waals surface area contributed by atoms with Crippen LogP contribution in [-0.4, -0.2) is 109 Å². The largest absolute Gasteiger partial charge is 0.491 e. The zero-order chi connectivity index (χ0) is 40.8. The monoisotopic (exact) mass is 825 g/mol. The molecule has 3 aromatic carbocycles. The first-order chi connectivity index (χ1) is 27.4. The molecule has 3 aromatic rings. The van der Waals surface area contributed by atoms with Crippen molar-refractivity contribution >= 4 is 41.5 Å². The number of nitrogens with zero attached hydrogens (tertiary/aromatic N) is 3. The summed E-state index contributed by atoms with van der Waals surface area (Å²) in [5, 5.41) is 6.30. The molecular formula is C43H57ClFN5O6S. The number of carbonyl (C=O) groups excluding carboxylic acids is 3. The highest BCUT2D eigenvalue weighted by Gasteiger charge is 2.37. The molecule has 11 nitrogen and oxygen atoms in total. The van der Waals surface area contributed by atoms with Gasteiger partial charge in [-0.3, -0.25) is 9.69 Å². The highest BCUT2D eigenvalue weighted by molar-refractivity contribution is 7.99. The molecule has 0 saturated carbocycles. The van der Waals surface area contributed by atoms with E-state index in [1.165, 1.54) is 6.07 Å². The van der Waals surface area contributed by atoms with Gasteiger partial charge in [0.15, 0.2) is 0 Å². The Kier molecular flexibility index (Phi) is 16.7. The molecule has 0 radical (unpaired) electrons. The minimum absolute atomic E-state index is 0.0635. The quantitative estimate of drug-likeness (QED) is 0.113. The van der Waals surface area contributed by atoms with E-state index >= 15 is 0 Å². The van der Waals surface area contributed by atoms with Crippen LogP contribution in [0.3, 0.4) is 0 Å². The molecule has 0 aromatic heterocycles. The lowest BCUT2D eigenvalue weighted by molar-refractivity contribution is -0.137. The smallest absolute Gasteiger partial charge is 0.408 e. The van der Waals surface area contributed by atoms with E-state index in [2.05, 4.69) is 27.4 Å². The van der Waals surface area contributed by atoms with E-state index in [9.17, 15) is 18.8 Å². The van der Waals surface area contributed by atoms with Crippen molar-refractivity contribution in [3.05, 3.63) is 94.3 Å². The number of hydrogen-bond donors (Lipinski definition) is 2. The number of piperidine rings is 1. The van der Waals surface area contributed by atoms with Gasteiger partial charge in [-0.15, -0.1) is 11.8 Å². The van der Waals surface area contributed by atoms with Crippen LogP contribution in [0.15, 0.2) is 71.6 Å². The van der Waals surface area contributed by atoms with Crippen molar-refractivity contribution in [2.45, 2.75) is 76.6 Å². The molecule has 0 spiro atoms. The molecule has 2 heterocycles. The zero-order valence-corrected chi connectivity index (χ0v) is 35.1. The molecule has 5 rings (SSSR count). The number of hydrogen-bond acceptors (Lipinski definition) is 9. The predicted octanol–water partition coefficient (Wildman–Crippen LogP) is 7.39. The molecule has 57 heavy (non-hydrogen) atoms. The van der Waals surface area contributed by atoms with Gasteiger partial charge in [-0.05, 0) is 112 Å². The van der Waals surface area contributed by atoms with Crippen LogP contribution in [0.2, 0.25) is 5.02 Å². The maximum absolute atomic E-state index is 14.2. The topological polar surface area (TPSA) is 113 Å². The molecule has 2 aliphatic heterocycles. The summed E-state index contributed by atoms with van der Waals surface area (Å²) in [5.41, 5.74) is 2.35. The number of thioether (sulfide) groups is 1. The summed E-state index contributed by atoms with van der Waals surface area (Å²) in [6.07, 6.45) is 1.06. The molecular weight excluding hydrogens is 769 g/mol. The van der Waals surface area contributed by atoms with Crippen LogP contribution in [0.5, 0.6) is 5.75 Å². The molecule has 2 N–H and O–H groups in total. The van der Waals surface area contributed by atoms with Crippen molar-refractivity contribution in [3.8, 4) is 5.75 Å². The van der Waals surface area contributed by atoms with Gasteiger partial charge in [-0.2, -0.15) is 0 Å². The Morgan fingerprint density at radius 1 is 0.912 bits per heavy atom. The van der Waals surface area contributed by atoms with Crippen LogP contribution in [-0.2, 0) is 33.8 Å². The molecule has 0 aliphatic carbocycles. The summed E-state index contributed by atoms with van der Waals surface area (Å²) < 4.78 is 30.9. The van der Waals surface area contributed by atoms with Crippen LogP contribution in [0.25, 0.3) is 0 Å². The molecule has 14 heteroatoms. The Balaban J connectivity index is 1.15. The lowest BCUT2D eigenvalue weighted by Gasteiger charge is -2.40. The van der Waals surface area contributed by atoms with Gasteiger partial charge in [0.2, 0.25) is 5.91 Å². The molecule has 2 fully saturated rings. The van der Waals surface area contributed by atoms with Gasteiger partial charge < -0.3 is 34.6 Å². The molecule has 2 aliphatic rings. The summed E-state index contributed by atoms with van der Waals surface area (Å²) in [5.74, 6) is 1.18. The van der Waals surface area contributed by atoms with Crippen molar-refractivity contribution < 1.29 is 33.0 Å². The first kappa shape index (κ1) is 44.1. The fourth-order valence-electron chi connectivity index (χ4n) is 7.09. The number of ether oxygens (including phenoxy) is 3. The number of benzene rings is 3. The summed E-state index contributed by atoms with van der Waals surface area (Å²) in [4.78, 5) is 46.9. The van der Waals surface area contributed by atoms with Crippen LogP contribution < -0.4 is 15.4 Å². The normalized spacial score (nSPS) is 16.1. The van der Waals surface area contributed by atoms with Gasteiger partial charge >= 0.3 is 12.2 Å². The fourth-order valence-corrected chi connectivity index (χ4v) is 8.11. The average Bonchev–Trinajstić information content (AvgIpc) is 3.19. The van der Waals surface area contributed by atoms with Crippen molar-refractivity contribution in [3.63, 3.8) is 0 Å². The Morgan fingerprint density at radius 2 is 1.65 bits per heavy atom. The number of halogens is 2. The third-order valence-electron chi connectivity index (χ3n) is 10.0. The predicted molar refractivity (Wildman–Crippen MR) is 222 cm³/mol. The van der Waals surface area contributed by atoms with Crippen LogP contribution in [0.4, 0.5) is 14.0 Å². The highest BCUT2D eigenvalue weighted by atomic mass is 35.5. The van der Waals surface area contributed by atoms with E-state index in [0.717, 1.165) is 59.8 Å². The third kappa shape index (κ3) is 14.4. The van der Waals surface area contributed by atoms with E-state index in [-0.39, 0.29) is 30.9 Å². The number of rotatable bonds is 16. The first-order valence-electron chi connectivity index (χ1n) is 19.9. The Bertz CT molecular complexity index is 1770. The standard InChI is InChI=1S/C43H57ClFN5O6S/c1-5-57-38-28-36(45)13-11-34(38)29-49-22-24-50(25-23-49)40(51)39(47-42(53)55-30-31-9-7-6-8-10-31)32-15-19-48(20-16-32)21-17-33-27-35(44)12-14-37(33)54-26-18-46-41(52)56-43(2,3)4/h6-14,27-28,32,39H,5,15-26,29-30H2,1-4H3,(H,46,52)(H,47,53)/t39-/m1/s1. The number of amides is 3. The maximum Gasteiger partial charge on any atom is 0.408 e. The molecule has 0 unspecified atom stereocenters. The van der Waals surface area contributed by atoms with Gasteiger partial charge in [0.05, 0.1) is 6.54 Å². The van der Waals surface area contributed by atoms with E-state index in [4.69, 9.17) is 25.8 Å². The SMILES string of the molecule is CCSc1cc(F)ccc1CN1CCN(C(=O)[C@H](NC(=O)OCc2ccccc2)C2CCN(CCc3cc(Cl)ccc3OCCNC(=O)OC(C)(C)C)CC2)CC1. The molecule has 1 atom stereocenters. The van der Waals surface area contributed by atoms with Crippen LogP contribution in [0.1, 0.15) is 57.2 Å². The van der Waals surface area contributed by atoms with Gasteiger partial charge in [-0.25, -0.2) is 14.0 Å². The van der Waals surface area contributed by atoms with Crippen molar-refractivity contribution in [1.29, 1.82) is 0 Å². The number of likely N-dealkylation sites (tertiary alicyclic amines) is 1. The van der Waals surface area contributed by atoms with E-state index < -0.39 is 23.8 Å². The van der Waals surface area contributed by atoms with Gasteiger partial charge in [0.25, 0.3) is 0 Å². The van der Waals surface area contributed by atoms with Gasteiger partial charge in [0, 0.05) is 49.2 Å². The second kappa shape index (κ2) is 21.6. The Morgan fingerprint density at radius 3 is 2.35 bits per heavy atom. The van der Waals surface area contributed by atoms with Gasteiger partial charge in [-0.1, -0.05) is 54.9 Å². The van der Waals surface area contributed by atoms with E-state index in [1.54, 1.807) is 23.9 Å². The van der Waals surface area contributed by atoms with Crippen molar-refractivity contribution in [2.75, 3.05) is 64.7 Å². The Labute approximate surface area is 345 Å². The van der Waals surface area contributed by atoms with Gasteiger partial charge in [0.1, 0.15) is 36.4 Å². The number of carbonyl (C=O) groups is 3. The second-order valence-corrected chi connectivity index (χ2v) is 17.2. The summed E-state index contributed by atoms with van der Waals surface area (Å²) in [6, 6.07) is 19.3. The highest BCUT2D eigenvalue weighted by Crippen LogP contribution is 2.28. The molecule has 310 valence electrons. The third-order valence-corrected chi connectivity index (χ3v) is 11.2. The molecule has 3 amide bonds. The number of nitrogens with one attached hydrogen (secondary N) is 2. The van der Waals surface area contributed by atoms with E-state index in [1.807, 2.05) is 74.2 Å². The van der Waals surface area contributed by atoms with Crippen molar-refractivity contribution in [1.82, 2.24) is 25.3 Å². The van der Waals surface area contributed by atoms with Crippen LogP contribution >= 0.6 is 23.4 Å². The molecule has 0 bridgehead atoms. The molecule has 2 saturated heterocycles. The Hall–Kier alpha value is -4.04.